The Balaban J connectivity index is 1.66. The van der Waals surface area contributed by atoms with Gasteiger partial charge in [0.2, 0.25) is 5.82 Å². The second-order valence-electron chi connectivity index (χ2n) is 5.62. The Morgan fingerprint density at radius 3 is 2.75 bits per heavy atom. The molecule has 3 aromatic rings. The summed E-state index contributed by atoms with van der Waals surface area (Å²) in [5.41, 5.74) is 0.658. The molecule has 1 aromatic heterocycles. The summed E-state index contributed by atoms with van der Waals surface area (Å²) in [4.78, 5) is 16.1. The molecular weight excluding hydrogens is 391 g/mol. The van der Waals surface area contributed by atoms with Crippen LogP contribution in [-0.4, -0.2) is 30.3 Å². The van der Waals surface area contributed by atoms with E-state index in [9.17, 15) is 9.18 Å². The first kappa shape index (κ1) is 19.6. The fraction of sp³-hybridized carbons (Fsp3) is 0.211. The van der Waals surface area contributed by atoms with Crippen molar-refractivity contribution in [2.24, 2.45) is 0 Å². The molecule has 2 aromatic carbocycles. The average molecular weight is 407 g/mol. The molecule has 0 aliphatic heterocycles. The Morgan fingerprint density at radius 1 is 1.21 bits per heavy atom. The van der Waals surface area contributed by atoms with Crippen molar-refractivity contribution in [2.45, 2.75) is 13.0 Å². The zero-order valence-electron chi connectivity index (χ0n) is 15.1. The summed E-state index contributed by atoms with van der Waals surface area (Å²) in [7, 11) is 3.05. The number of carbonyl (C=O) groups is 1. The van der Waals surface area contributed by atoms with Gasteiger partial charge in [-0.15, -0.1) is 0 Å². The van der Waals surface area contributed by atoms with Gasteiger partial charge in [-0.2, -0.15) is 4.98 Å². The number of esters is 1. The lowest BCUT2D eigenvalue weighted by atomic mass is 10.1. The van der Waals surface area contributed by atoms with Crippen LogP contribution in [0, 0.1) is 5.82 Å². The molecule has 0 saturated heterocycles. The van der Waals surface area contributed by atoms with Crippen LogP contribution in [0.15, 0.2) is 40.9 Å². The van der Waals surface area contributed by atoms with Crippen LogP contribution >= 0.6 is 11.6 Å². The minimum Gasteiger partial charge on any atom is -0.497 e. The number of carbonyl (C=O) groups excluding carboxylic acids is 1. The normalized spacial score (nSPS) is 10.6. The molecule has 0 aliphatic rings. The molecule has 0 saturated carbocycles. The maximum atomic E-state index is 13.7. The predicted molar refractivity (Wildman–Crippen MR) is 97.7 cm³/mol. The minimum atomic E-state index is -0.672. The van der Waals surface area contributed by atoms with E-state index in [0.717, 1.165) is 0 Å². The number of ether oxygens (including phenoxy) is 3. The van der Waals surface area contributed by atoms with Crippen molar-refractivity contribution in [3.05, 3.63) is 58.7 Å². The Hall–Kier alpha value is -3.13. The summed E-state index contributed by atoms with van der Waals surface area (Å²) in [5.74, 6) is 0.219. The molecule has 0 amide bonds. The van der Waals surface area contributed by atoms with Crippen molar-refractivity contribution in [3.8, 4) is 22.9 Å². The maximum absolute atomic E-state index is 13.7. The average Bonchev–Trinajstić information content (AvgIpc) is 3.17. The van der Waals surface area contributed by atoms with Crippen LogP contribution in [0.3, 0.4) is 0 Å². The molecule has 28 heavy (non-hydrogen) atoms. The number of halogens is 2. The van der Waals surface area contributed by atoms with E-state index in [1.165, 1.54) is 25.3 Å². The van der Waals surface area contributed by atoms with Crippen LogP contribution in [0.4, 0.5) is 4.39 Å². The summed E-state index contributed by atoms with van der Waals surface area (Å²) < 4.78 is 34.4. The first-order valence-corrected chi connectivity index (χ1v) is 8.53. The standard InChI is InChI=1S/C19H16ClFN2O5/c1-25-11-6-7-12(16(8-11)26-2)19-22-17(28-23-19)10-27-18(24)9-13-14(20)4-3-5-15(13)21/h3-8H,9-10H2,1-2H3. The van der Waals surface area contributed by atoms with Gasteiger partial charge in [-0.25, -0.2) is 4.39 Å². The Kier molecular flexibility index (Phi) is 6.10. The van der Waals surface area contributed by atoms with Crippen molar-refractivity contribution >= 4 is 17.6 Å². The molecule has 0 N–H and O–H groups in total. The smallest absolute Gasteiger partial charge is 0.310 e. The lowest BCUT2D eigenvalue weighted by Crippen LogP contribution is -2.10. The Labute approximate surface area is 165 Å². The third-order valence-electron chi connectivity index (χ3n) is 3.86. The van der Waals surface area contributed by atoms with E-state index in [1.807, 2.05) is 0 Å². The SMILES string of the molecule is COc1ccc(-c2noc(COC(=O)Cc3c(F)cccc3Cl)n2)c(OC)c1. The molecule has 7 nitrogen and oxygen atoms in total. The number of rotatable bonds is 7. The molecule has 1 heterocycles. The monoisotopic (exact) mass is 406 g/mol. The van der Waals surface area contributed by atoms with Gasteiger partial charge >= 0.3 is 5.97 Å². The second kappa shape index (κ2) is 8.71. The highest BCUT2D eigenvalue weighted by atomic mass is 35.5. The minimum absolute atomic E-state index is 0.0725. The molecule has 3 rings (SSSR count). The molecule has 0 radical (unpaired) electrons. The fourth-order valence-corrected chi connectivity index (χ4v) is 2.67. The first-order valence-electron chi connectivity index (χ1n) is 8.15. The summed E-state index contributed by atoms with van der Waals surface area (Å²) in [6.07, 6.45) is -0.307. The van der Waals surface area contributed by atoms with E-state index < -0.39 is 11.8 Å². The van der Waals surface area contributed by atoms with Gasteiger partial charge < -0.3 is 18.7 Å². The third-order valence-corrected chi connectivity index (χ3v) is 4.21. The van der Waals surface area contributed by atoms with E-state index in [1.54, 1.807) is 25.3 Å². The number of benzene rings is 2. The van der Waals surface area contributed by atoms with Gasteiger partial charge in [0, 0.05) is 16.7 Å². The van der Waals surface area contributed by atoms with E-state index in [-0.39, 0.29) is 35.3 Å². The molecule has 0 bridgehead atoms. The van der Waals surface area contributed by atoms with Crippen LogP contribution in [0.5, 0.6) is 11.5 Å². The Bertz CT molecular complexity index is 972. The fourth-order valence-electron chi connectivity index (χ4n) is 2.44. The van der Waals surface area contributed by atoms with Crippen LogP contribution in [0.2, 0.25) is 5.02 Å². The van der Waals surface area contributed by atoms with Gasteiger partial charge in [0.1, 0.15) is 17.3 Å². The van der Waals surface area contributed by atoms with E-state index in [2.05, 4.69) is 10.1 Å². The summed E-state index contributed by atoms with van der Waals surface area (Å²) in [6, 6.07) is 9.31. The van der Waals surface area contributed by atoms with Crippen LogP contribution in [0.25, 0.3) is 11.4 Å². The molecule has 0 spiro atoms. The van der Waals surface area contributed by atoms with Crippen molar-refractivity contribution < 1.29 is 27.9 Å². The first-order chi connectivity index (χ1) is 13.5. The molecule has 9 heteroatoms. The second-order valence-corrected chi connectivity index (χ2v) is 6.02. The van der Waals surface area contributed by atoms with Gasteiger partial charge in [0.25, 0.3) is 5.89 Å². The van der Waals surface area contributed by atoms with E-state index in [4.69, 9.17) is 30.3 Å². The van der Waals surface area contributed by atoms with Crippen LogP contribution in [0.1, 0.15) is 11.5 Å². The zero-order chi connectivity index (χ0) is 20.1. The molecule has 146 valence electrons. The molecule has 0 atom stereocenters. The summed E-state index contributed by atoms with van der Waals surface area (Å²) >= 11 is 5.90. The van der Waals surface area contributed by atoms with Gasteiger partial charge in [-0.3, -0.25) is 4.79 Å². The number of hydrogen-bond donors (Lipinski definition) is 0. The molecule has 0 fully saturated rings. The lowest BCUT2D eigenvalue weighted by Gasteiger charge is -2.07. The largest absolute Gasteiger partial charge is 0.497 e. The highest BCUT2D eigenvalue weighted by Gasteiger charge is 2.17. The number of nitrogens with zero attached hydrogens (tertiary/aromatic N) is 2. The van der Waals surface area contributed by atoms with Crippen molar-refractivity contribution in [1.29, 1.82) is 0 Å². The predicted octanol–water partition coefficient (Wildman–Crippen LogP) is 3.83. The van der Waals surface area contributed by atoms with E-state index in [0.29, 0.717) is 17.1 Å². The quantitative estimate of drug-likeness (QED) is 0.551. The number of hydrogen-bond acceptors (Lipinski definition) is 7. The zero-order valence-corrected chi connectivity index (χ0v) is 15.8. The lowest BCUT2D eigenvalue weighted by molar-refractivity contribution is -0.144. The van der Waals surface area contributed by atoms with Gasteiger partial charge in [-0.05, 0) is 24.3 Å². The molecule has 0 aliphatic carbocycles. The maximum Gasteiger partial charge on any atom is 0.310 e. The van der Waals surface area contributed by atoms with Crippen molar-refractivity contribution in [2.75, 3.05) is 14.2 Å². The Morgan fingerprint density at radius 2 is 2.04 bits per heavy atom. The topological polar surface area (TPSA) is 83.7 Å². The van der Waals surface area contributed by atoms with Gasteiger partial charge in [0.15, 0.2) is 6.61 Å². The van der Waals surface area contributed by atoms with Crippen LogP contribution < -0.4 is 9.47 Å². The number of methoxy groups -OCH3 is 2. The highest BCUT2D eigenvalue weighted by Crippen LogP contribution is 2.31. The molecule has 0 unspecified atom stereocenters. The van der Waals surface area contributed by atoms with Crippen LogP contribution in [-0.2, 0) is 22.6 Å². The van der Waals surface area contributed by atoms with Crippen molar-refractivity contribution in [3.63, 3.8) is 0 Å². The third kappa shape index (κ3) is 4.40. The molecular formula is C19H16ClFN2O5. The number of aromatic nitrogens is 2. The summed E-state index contributed by atoms with van der Waals surface area (Å²) in [5, 5.41) is 4.02. The van der Waals surface area contributed by atoms with Gasteiger partial charge in [-0.1, -0.05) is 22.8 Å². The van der Waals surface area contributed by atoms with Crippen molar-refractivity contribution in [1.82, 2.24) is 10.1 Å². The highest BCUT2D eigenvalue weighted by molar-refractivity contribution is 6.31. The van der Waals surface area contributed by atoms with E-state index >= 15 is 0 Å². The van der Waals surface area contributed by atoms with Gasteiger partial charge in [0.05, 0.1) is 26.2 Å². The summed E-state index contributed by atoms with van der Waals surface area (Å²) in [6.45, 7) is -0.254.